The van der Waals surface area contributed by atoms with Gasteiger partial charge in [0.1, 0.15) is 5.82 Å². The first-order valence-corrected chi connectivity index (χ1v) is 21.8. The van der Waals surface area contributed by atoms with Crippen molar-refractivity contribution in [1.82, 2.24) is 14.5 Å². The predicted octanol–water partition coefficient (Wildman–Crippen LogP) is 12.4. The minimum atomic E-state index is -1.56. The molecule has 0 spiro atoms. The standard InChI is InChI=1S/C48H44N4Si/c1-33-28-34(2)47(35(3)29-33)51(39-21-15-20-38(30-39)43-22-13-14-27-49-43)40-23-25-42-44(31-40)52(45-26-24-41(32-50-45)53(4,5)6)48(37-18-11-8-12-19-37)46(42)36-16-9-7-10-17-36/h7-32H,1-6H3. The number of aromatic nitrogens is 3. The molecule has 0 amide bonds. The highest BCUT2D eigenvalue weighted by molar-refractivity contribution is 6.88. The lowest BCUT2D eigenvalue weighted by Crippen LogP contribution is -2.37. The van der Waals surface area contributed by atoms with E-state index in [2.05, 4.69) is 190 Å². The van der Waals surface area contributed by atoms with Gasteiger partial charge in [-0.3, -0.25) is 9.55 Å². The summed E-state index contributed by atoms with van der Waals surface area (Å²) in [5, 5.41) is 2.52. The molecule has 3 aromatic heterocycles. The molecule has 0 fully saturated rings. The third-order valence-corrected chi connectivity index (χ3v) is 12.1. The zero-order valence-electron chi connectivity index (χ0n) is 31.3. The number of anilines is 3. The maximum absolute atomic E-state index is 5.21. The first-order valence-electron chi connectivity index (χ1n) is 18.3. The Morgan fingerprint density at radius 2 is 1.23 bits per heavy atom. The number of rotatable bonds is 8. The molecule has 0 unspecified atom stereocenters. The maximum atomic E-state index is 5.21. The molecule has 4 nitrogen and oxygen atoms in total. The monoisotopic (exact) mass is 704 g/mol. The van der Waals surface area contributed by atoms with Crippen molar-refractivity contribution < 1.29 is 0 Å². The molecule has 0 atom stereocenters. The molecule has 5 heteroatoms. The summed E-state index contributed by atoms with van der Waals surface area (Å²) in [6, 6.07) is 52.3. The van der Waals surface area contributed by atoms with Crippen molar-refractivity contribution in [2.24, 2.45) is 0 Å². The molecule has 0 aliphatic rings. The summed E-state index contributed by atoms with van der Waals surface area (Å²) >= 11 is 0. The molecule has 0 aliphatic carbocycles. The Hall–Kier alpha value is -6.04. The van der Waals surface area contributed by atoms with Gasteiger partial charge in [0.15, 0.2) is 0 Å². The van der Waals surface area contributed by atoms with Gasteiger partial charge in [-0.1, -0.05) is 128 Å². The number of benzene rings is 5. The Morgan fingerprint density at radius 3 is 1.87 bits per heavy atom. The molecular formula is C48H44N4Si. The third kappa shape index (κ3) is 6.49. The maximum Gasteiger partial charge on any atom is 0.137 e. The second-order valence-electron chi connectivity index (χ2n) is 15.0. The van der Waals surface area contributed by atoms with E-state index < -0.39 is 8.07 Å². The van der Waals surface area contributed by atoms with Crippen molar-refractivity contribution in [3.8, 4) is 39.5 Å². The zero-order chi connectivity index (χ0) is 36.7. The Bertz CT molecular complexity index is 2530. The van der Waals surface area contributed by atoms with Gasteiger partial charge in [-0.2, -0.15) is 0 Å². The Morgan fingerprint density at radius 1 is 0.566 bits per heavy atom. The minimum absolute atomic E-state index is 0.904. The van der Waals surface area contributed by atoms with Crippen molar-refractivity contribution in [3.63, 3.8) is 0 Å². The van der Waals surface area contributed by atoms with E-state index in [1.807, 2.05) is 18.3 Å². The fourth-order valence-corrected chi connectivity index (χ4v) is 8.69. The van der Waals surface area contributed by atoms with Gasteiger partial charge >= 0.3 is 0 Å². The normalized spacial score (nSPS) is 11.6. The Kier molecular flexibility index (Phi) is 8.89. The number of fused-ring (bicyclic) bond motifs is 1. The van der Waals surface area contributed by atoms with E-state index in [-0.39, 0.29) is 0 Å². The molecular weight excluding hydrogens is 661 g/mol. The molecule has 0 bridgehead atoms. The Balaban J connectivity index is 1.45. The van der Waals surface area contributed by atoms with Crippen LogP contribution in [0.15, 0.2) is 158 Å². The lowest BCUT2D eigenvalue weighted by atomic mass is 9.98. The number of hydrogen-bond donors (Lipinski definition) is 0. The van der Waals surface area contributed by atoms with Crippen molar-refractivity contribution in [2.75, 3.05) is 4.90 Å². The predicted molar refractivity (Wildman–Crippen MR) is 227 cm³/mol. The summed E-state index contributed by atoms with van der Waals surface area (Å²) in [7, 11) is -1.56. The molecule has 8 aromatic rings. The molecule has 8 rings (SSSR count). The quantitative estimate of drug-likeness (QED) is 0.148. The topological polar surface area (TPSA) is 34.0 Å². The van der Waals surface area contributed by atoms with Crippen LogP contribution in [0.1, 0.15) is 16.7 Å². The van der Waals surface area contributed by atoms with Crippen LogP contribution in [0.2, 0.25) is 19.6 Å². The van der Waals surface area contributed by atoms with Crippen LogP contribution >= 0.6 is 0 Å². The van der Waals surface area contributed by atoms with E-state index >= 15 is 0 Å². The van der Waals surface area contributed by atoms with Gasteiger partial charge in [-0.05, 0) is 90.7 Å². The summed E-state index contributed by atoms with van der Waals surface area (Å²) in [6.07, 6.45) is 3.96. The van der Waals surface area contributed by atoms with Crippen LogP contribution in [-0.2, 0) is 0 Å². The number of hydrogen-bond acceptors (Lipinski definition) is 3. The molecule has 53 heavy (non-hydrogen) atoms. The van der Waals surface area contributed by atoms with Gasteiger partial charge in [0.2, 0.25) is 0 Å². The van der Waals surface area contributed by atoms with E-state index in [9.17, 15) is 0 Å². The highest BCUT2D eigenvalue weighted by atomic mass is 28.3. The van der Waals surface area contributed by atoms with Gasteiger partial charge < -0.3 is 4.90 Å². The Labute approximate surface area is 314 Å². The number of aryl methyl sites for hydroxylation is 3. The van der Waals surface area contributed by atoms with E-state index in [4.69, 9.17) is 9.97 Å². The van der Waals surface area contributed by atoms with Crippen molar-refractivity contribution in [1.29, 1.82) is 0 Å². The summed E-state index contributed by atoms with van der Waals surface area (Å²) in [5.41, 5.74) is 14.8. The summed E-state index contributed by atoms with van der Waals surface area (Å²) in [5.74, 6) is 0.904. The van der Waals surface area contributed by atoms with Crippen LogP contribution in [0.3, 0.4) is 0 Å². The highest BCUT2D eigenvalue weighted by Gasteiger charge is 2.25. The first-order chi connectivity index (χ1) is 25.7. The summed E-state index contributed by atoms with van der Waals surface area (Å²) in [6.45, 7) is 13.7. The minimum Gasteiger partial charge on any atom is -0.310 e. The zero-order valence-corrected chi connectivity index (χ0v) is 32.3. The lowest BCUT2D eigenvalue weighted by molar-refractivity contribution is 1.05. The third-order valence-electron chi connectivity index (χ3n) is 10.1. The van der Waals surface area contributed by atoms with Gasteiger partial charge in [0.05, 0.1) is 30.7 Å². The molecule has 260 valence electrons. The van der Waals surface area contributed by atoms with E-state index in [1.54, 1.807) is 0 Å². The average Bonchev–Trinajstić information content (AvgIpc) is 3.51. The average molecular weight is 705 g/mol. The smallest absolute Gasteiger partial charge is 0.137 e. The first kappa shape index (κ1) is 34.1. The van der Waals surface area contributed by atoms with Gasteiger partial charge in [-0.25, -0.2) is 4.98 Å². The van der Waals surface area contributed by atoms with Crippen LogP contribution in [-0.4, -0.2) is 22.6 Å². The van der Waals surface area contributed by atoms with E-state index in [0.717, 1.165) is 45.2 Å². The van der Waals surface area contributed by atoms with Crippen molar-refractivity contribution >= 4 is 41.2 Å². The molecule has 5 aromatic carbocycles. The fourth-order valence-electron chi connectivity index (χ4n) is 7.65. The van der Waals surface area contributed by atoms with Gasteiger partial charge in [0, 0.05) is 40.3 Å². The number of pyridine rings is 2. The number of nitrogens with zero attached hydrogens (tertiary/aromatic N) is 4. The molecule has 0 radical (unpaired) electrons. The molecule has 0 N–H and O–H groups in total. The molecule has 3 heterocycles. The van der Waals surface area contributed by atoms with E-state index in [1.165, 1.54) is 44.1 Å². The van der Waals surface area contributed by atoms with Crippen LogP contribution in [0.4, 0.5) is 17.1 Å². The molecule has 0 saturated carbocycles. The van der Waals surface area contributed by atoms with Crippen LogP contribution in [0.5, 0.6) is 0 Å². The largest absolute Gasteiger partial charge is 0.310 e. The summed E-state index contributed by atoms with van der Waals surface area (Å²) in [4.78, 5) is 12.3. The van der Waals surface area contributed by atoms with Crippen LogP contribution < -0.4 is 10.1 Å². The summed E-state index contributed by atoms with van der Waals surface area (Å²) < 4.78 is 2.38. The van der Waals surface area contributed by atoms with Gasteiger partial charge in [0.25, 0.3) is 0 Å². The fraction of sp³-hybridized carbons (Fsp3) is 0.125. The molecule has 0 aliphatic heterocycles. The van der Waals surface area contributed by atoms with Gasteiger partial charge in [-0.15, -0.1) is 0 Å². The van der Waals surface area contributed by atoms with E-state index in [0.29, 0.717) is 0 Å². The van der Waals surface area contributed by atoms with Crippen LogP contribution in [0.25, 0.3) is 50.4 Å². The highest BCUT2D eigenvalue weighted by Crippen LogP contribution is 2.46. The molecule has 0 saturated heterocycles. The SMILES string of the molecule is Cc1cc(C)c(N(c2cccc(-c3ccccn3)c2)c2ccc3c(-c4ccccc4)c(-c4ccccc4)n(-c4ccc([Si](C)(C)C)cn4)c3c2)c(C)c1. The second-order valence-corrected chi connectivity index (χ2v) is 20.1. The lowest BCUT2D eigenvalue weighted by Gasteiger charge is -2.29. The van der Waals surface area contributed by atoms with Crippen LogP contribution in [0, 0.1) is 20.8 Å². The van der Waals surface area contributed by atoms with Crippen molar-refractivity contribution in [3.05, 3.63) is 175 Å². The van der Waals surface area contributed by atoms with Crippen molar-refractivity contribution in [2.45, 2.75) is 40.4 Å². The second kappa shape index (κ2) is 13.8.